The standard InChI is InChI=1S/C16H16O5/c1-3-20-15(18)12-9-13(16(19)21-4-2)14(17)11-8-6-5-7-10(11)12/h5-9,17H,3-4H2,1-2H3. The second-order valence-electron chi connectivity index (χ2n) is 4.31. The van der Waals surface area contributed by atoms with Crippen molar-refractivity contribution in [3.8, 4) is 5.75 Å². The molecule has 1 N–H and O–H groups in total. The van der Waals surface area contributed by atoms with E-state index < -0.39 is 11.9 Å². The van der Waals surface area contributed by atoms with Crippen molar-refractivity contribution in [1.82, 2.24) is 0 Å². The zero-order chi connectivity index (χ0) is 15.4. The van der Waals surface area contributed by atoms with Gasteiger partial charge < -0.3 is 14.6 Å². The highest BCUT2D eigenvalue weighted by Crippen LogP contribution is 2.32. The van der Waals surface area contributed by atoms with Crippen LogP contribution in [-0.2, 0) is 9.47 Å². The Hall–Kier alpha value is -2.56. The quantitative estimate of drug-likeness (QED) is 0.876. The number of carbonyl (C=O) groups is 2. The number of phenolic OH excluding ortho intramolecular Hbond substituents is 1. The Labute approximate surface area is 122 Å². The summed E-state index contributed by atoms with van der Waals surface area (Å²) in [4.78, 5) is 24.0. The monoisotopic (exact) mass is 288 g/mol. The van der Waals surface area contributed by atoms with Gasteiger partial charge in [-0.3, -0.25) is 0 Å². The molecule has 0 aliphatic rings. The highest BCUT2D eigenvalue weighted by molar-refractivity contribution is 6.11. The first kappa shape index (κ1) is 14.8. The van der Waals surface area contributed by atoms with Crippen LogP contribution in [0, 0.1) is 0 Å². The predicted octanol–water partition coefficient (Wildman–Crippen LogP) is 2.90. The summed E-state index contributed by atoms with van der Waals surface area (Å²) < 4.78 is 9.90. The van der Waals surface area contributed by atoms with Gasteiger partial charge in [-0.25, -0.2) is 9.59 Å². The molecule has 110 valence electrons. The van der Waals surface area contributed by atoms with E-state index in [0.717, 1.165) is 0 Å². The summed E-state index contributed by atoms with van der Waals surface area (Å²) in [6.45, 7) is 3.78. The van der Waals surface area contributed by atoms with Crippen molar-refractivity contribution in [3.63, 3.8) is 0 Å². The number of rotatable bonds is 4. The highest BCUT2D eigenvalue weighted by Gasteiger charge is 2.21. The first-order valence-electron chi connectivity index (χ1n) is 6.69. The minimum atomic E-state index is -0.675. The summed E-state index contributed by atoms with van der Waals surface area (Å²) in [6.07, 6.45) is 0. The van der Waals surface area contributed by atoms with Crippen LogP contribution in [0.4, 0.5) is 0 Å². The third-order valence-corrected chi connectivity index (χ3v) is 3.01. The van der Waals surface area contributed by atoms with E-state index in [1.165, 1.54) is 6.07 Å². The van der Waals surface area contributed by atoms with Crippen LogP contribution in [0.5, 0.6) is 5.75 Å². The van der Waals surface area contributed by atoms with E-state index in [1.54, 1.807) is 38.1 Å². The number of hydrogen-bond acceptors (Lipinski definition) is 5. The van der Waals surface area contributed by atoms with Gasteiger partial charge in [-0.15, -0.1) is 0 Å². The number of esters is 2. The molecule has 5 heteroatoms. The lowest BCUT2D eigenvalue weighted by atomic mass is 9.99. The highest BCUT2D eigenvalue weighted by atomic mass is 16.5. The Morgan fingerprint density at radius 1 is 0.952 bits per heavy atom. The molecule has 0 bridgehead atoms. The Morgan fingerprint density at radius 3 is 2.05 bits per heavy atom. The molecule has 0 saturated heterocycles. The Balaban J connectivity index is 2.69. The fourth-order valence-electron chi connectivity index (χ4n) is 2.10. The zero-order valence-electron chi connectivity index (χ0n) is 11.9. The average Bonchev–Trinajstić information content (AvgIpc) is 2.48. The zero-order valence-corrected chi connectivity index (χ0v) is 11.9. The van der Waals surface area contributed by atoms with Crippen LogP contribution in [0.25, 0.3) is 10.8 Å². The smallest absolute Gasteiger partial charge is 0.341 e. The van der Waals surface area contributed by atoms with Crippen molar-refractivity contribution in [3.05, 3.63) is 41.5 Å². The van der Waals surface area contributed by atoms with Crippen molar-refractivity contribution in [2.75, 3.05) is 13.2 Å². The number of aromatic hydroxyl groups is 1. The molecule has 0 atom stereocenters. The molecule has 0 heterocycles. The van der Waals surface area contributed by atoms with Gasteiger partial charge in [-0.1, -0.05) is 24.3 Å². The van der Waals surface area contributed by atoms with Gasteiger partial charge in [-0.05, 0) is 25.3 Å². The third-order valence-electron chi connectivity index (χ3n) is 3.01. The number of phenols is 1. The first-order chi connectivity index (χ1) is 10.1. The predicted molar refractivity (Wildman–Crippen MR) is 77.5 cm³/mol. The molecule has 21 heavy (non-hydrogen) atoms. The summed E-state index contributed by atoms with van der Waals surface area (Å²) >= 11 is 0. The number of fused-ring (bicyclic) bond motifs is 1. The first-order valence-corrected chi connectivity index (χ1v) is 6.69. The number of hydrogen-bond donors (Lipinski definition) is 1. The van der Waals surface area contributed by atoms with E-state index >= 15 is 0 Å². The fourth-order valence-corrected chi connectivity index (χ4v) is 2.10. The van der Waals surface area contributed by atoms with E-state index in [0.29, 0.717) is 10.8 Å². The molecule has 0 fully saturated rings. The second-order valence-corrected chi connectivity index (χ2v) is 4.31. The van der Waals surface area contributed by atoms with Crippen molar-refractivity contribution in [2.24, 2.45) is 0 Å². The molecular weight excluding hydrogens is 272 g/mol. The molecule has 2 rings (SSSR count). The van der Waals surface area contributed by atoms with Crippen LogP contribution in [0.1, 0.15) is 34.6 Å². The van der Waals surface area contributed by atoms with Gasteiger partial charge in [0.15, 0.2) is 0 Å². The Morgan fingerprint density at radius 2 is 1.48 bits per heavy atom. The van der Waals surface area contributed by atoms with Gasteiger partial charge in [0.1, 0.15) is 11.3 Å². The number of benzene rings is 2. The van der Waals surface area contributed by atoms with E-state index in [-0.39, 0.29) is 30.1 Å². The van der Waals surface area contributed by atoms with Crippen molar-refractivity contribution >= 4 is 22.7 Å². The molecule has 2 aromatic rings. The molecule has 2 aromatic carbocycles. The molecular formula is C16H16O5. The van der Waals surface area contributed by atoms with Gasteiger partial charge in [0.2, 0.25) is 0 Å². The lowest BCUT2D eigenvalue weighted by Crippen LogP contribution is -2.10. The van der Waals surface area contributed by atoms with Crippen LogP contribution in [0.2, 0.25) is 0 Å². The van der Waals surface area contributed by atoms with Crippen LogP contribution in [-0.4, -0.2) is 30.3 Å². The molecule has 0 saturated carbocycles. The van der Waals surface area contributed by atoms with Gasteiger partial charge in [0.05, 0.1) is 18.8 Å². The maximum Gasteiger partial charge on any atom is 0.341 e. The van der Waals surface area contributed by atoms with Gasteiger partial charge in [-0.2, -0.15) is 0 Å². The molecule has 5 nitrogen and oxygen atoms in total. The minimum Gasteiger partial charge on any atom is -0.506 e. The SMILES string of the molecule is CCOC(=O)c1cc(C(=O)OCC)c2ccccc2c1O. The largest absolute Gasteiger partial charge is 0.506 e. The van der Waals surface area contributed by atoms with Crippen LogP contribution >= 0.6 is 0 Å². The van der Waals surface area contributed by atoms with Gasteiger partial charge in [0, 0.05) is 5.39 Å². The lowest BCUT2D eigenvalue weighted by molar-refractivity contribution is 0.0523. The summed E-state index contributed by atoms with van der Waals surface area (Å²) in [5, 5.41) is 11.2. The maximum absolute atomic E-state index is 12.0. The van der Waals surface area contributed by atoms with Gasteiger partial charge in [0.25, 0.3) is 0 Å². The molecule has 0 unspecified atom stereocenters. The average molecular weight is 288 g/mol. The summed E-state index contributed by atoms with van der Waals surface area (Å²) in [7, 11) is 0. The number of carbonyl (C=O) groups excluding carboxylic acids is 2. The summed E-state index contributed by atoms with van der Waals surface area (Å²) in [6, 6.07) is 8.10. The van der Waals surface area contributed by atoms with Crippen LogP contribution in [0.3, 0.4) is 0 Å². The number of ether oxygens (including phenoxy) is 2. The second kappa shape index (κ2) is 6.26. The molecule has 0 spiro atoms. The van der Waals surface area contributed by atoms with Crippen molar-refractivity contribution in [1.29, 1.82) is 0 Å². The third kappa shape index (κ3) is 2.81. The molecule has 0 amide bonds. The Kier molecular flexibility index (Phi) is 4.42. The fraction of sp³-hybridized carbons (Fsp3) is 0.250. The lowest BCUT2D eigenvalue weighted by Gasteiger charge is -2.11. The van der Waals surface area contributed by atoms with Crippen molar-refractivity contribution < 1.29 is 24.2 Å². The summed E-state index contributed by atoms with van der Waals surface area (Å²) in [5.74, 6) is -1.41. The van der Waals surface area contributed by atoms with E-state index in [9.17, 15) is 14.7 Å². The summed E-state index contributed by atoms with van der Waals surface area (Å²) in [5.41, 5.74) is 0.187. The van der Waals surface area contributed by atoms with Gasteiger partial charge >= 0.3 is 11.9 Å². The van der Waals surface area contributed by atoms with E-state index in [1.807, 2.05) is 0 Å². The normalized spacial score (nSPS) is 10.4. The maximum atomic E-state index is 12.0. The molecule has 0 aliphatic heterocycles. The molecule has 0 radical (unpaired) electrons. The Bertz CT molecular complexity index is 690. The van der Waals surface area contributed by atoms with E-state index in [4.69, 9.17) is 9.47 Å². The molecule has 0 aromatic heterocycles. The van der Waals surface area contributed by atoms with Crippen LogP contribution in [0.15, 0.2) is 30.3 Å². The molecule has 0 aliphatic carbocycles. The van der Waals surface area contributed by atoms with E-state index in [2.05, 4.69) is 0 Å². The van der Waals surface area contributed by atoms with Crippen molar-refractivity contribution in [2.45, 2.75) is 13.8 Å². The minimum absolute atomic E-state index is 0.0430. The van der Waals surface area contributed by atoms with Crippen LogP contribution < -0.4 is 0 Å². The topological polar surface area (TPSA) is 72.8 Å².